The Balaban J connectivity index is 1.57. The molecule has 174 valence electrons. The zero-order valence-electron chi connectivity index (χ0n) is 18.7. The molecule has 0 aliphatic carbocycles. The lowest BCUT2D eigenvalue weighted by molar-refractivity contribution is -0.0310. The van der Waals surface area contributed by atoms with E-state index < -0.39 is 18.4 Å². The summed E-state index contributed by atoms with van der Waals surface area (Å²) in [4.78, 5) is 32.7. The van der Waals surface area contributed by atoms with Gasteiger partial charge >= 0.3 is 0 Å². The van der Waals surface area contributed by atoms with E-state index in [4.69, 9.17) is 0 Å². The minimum Gasteiger partial charge on any atom is -0.388 e. The number of hydrogen-bond acceptors (Lipinski definition) is 5. The number of hydrogen-bond donors (Lipinski definition) is 2. The van der Waals surface area contributed by atoms with Gasteiger partial charge in [0.05, 0.1) is 24.2 Å². The molecule has 0 saturated carbocycles. The number of aromatic amines is 1. The number of aryl methyl sites for hydroxylation is 1. The molecule has 10 heteroatoms. The molecule has 1 aromatic carbocycles. The molecule has 1 fully saturated rings. The normalized spacial score (nSPS) is 16.5. The molecule has 3 heterocycles. The average molecular weight is 456 g/mol. The van der Waals surface area contributed by atoms with Crippen LogP contribution in [0.4, 0.5) is 14.5 Å². The maximum Gasteiger partial charge on any atom is 0.280 e. The highest BCUT2D eigenvalue weighted by atomic mass is 19.3. The van der Waals surface area contributed by atoms with Gasteiger partial charge in [-0.1, -0.05) is 6.07 Å². The zero-order chi connectivity index (χ0) is 23.8. The van der Waals surface area contributed by atoms with Crippen LogP contribution in [0.15, 0.2) is 47.5 Å². The lowest BCUT2D eigenvalue weighted by atomic mass is 10.0. The van der Waals surface area contributed by atoms with E-state index >= 15 is 0 Å². The molecule has 1 aliphatic heterocycles. The molecule has 2 N–H and O–H groups in total. The first kappa shape index (κ1) is 22.7. The number of benzene rings is 1. The summed E-state index contributed by atoms with van der Waals surface area (Å²) in [6.45, 7) is 1.47. The molecule has 33 heavy (non-hydrogen) atoms. The number of carbonyl (C=O) groups is 1. The number of aromatic nitrogens is 3. The first-order chi connectivity index (χ1) is 15.7. The number of H-pyrrole nitrogens is 1. The highest BCUT2D eigenvalue weighted by Crippen LogP contribution is 2.24. The number of halogens is 2. The Morgan fingerprint density at radius 3 is 2.61 bits per heavy atom. The van der Waals surface area contributed by atoms with E-state index in [0.717, 1.165) is 21.7 Å². The summed E-state index contributed by atoms with van der Waals surface area (Å²) < 4.78 is 29.5. The topological polar surface area (TPSA) is 86.3 Å². The monoisotopic (exact) mass is 456 g/mol. The number of anilines is 1. The quantitative estimate of drug-likeness (QED) is 0.630. The first-order valence-electron chi connectivity index (χ1n) is 10.6. The third kappa shape index (κ3) is 4.65. The van der Waals surface area contributed by atoms with Gasteiger partial charge in [0.2, 0.25) is 0 Å². The number of likely N-dealkylation sites (N-methyl/N-ethyl adjacent to an activating group) is 1. The van der Waals surface area contributed by atoms with Crippen molar-refractivity contribution in [3.63, 3.8) is 0 Å². The van der Waals surface area contributed by atoms with Gasteiger partial charge in [0.15, 0.2) is 5.82 Å². The van der Waals surface area contributed by atoms with Crippen LogP contribution in [-0.2, 0) is 0 Å². The maximum absolute atomic E-state index is 14.1. The summed E-state index contributed by atoms with van der Waals surface area (Å²) in [7, 11) is 3.44. The molecule has 1 amide bonds. The zero-order valence-corrected chi connectivity index (χ0v) is 18.7. The van der Waals surface area contributed by atoms with E-state index in [9.17, 15) is 18.4 Å². The smallest absolute Gasteiger partial charge is 0.280 e. The lowest BCUT2D eigenvalue weighted by Crippen LogP contribution is -2.41. The van der Waals surface area contributed by atoms with Crippen LogP contribution in [0, 0.1) is 6.92 Å². The second-order valence-electron chi connectivity index (χ2n) is 8.33. The van der Waals surface area contributed by atoms with E-state index in [1.807, 2.05) is 32.2 Å². The van der Waals surface area contributed by atoms with Crippen LogP contribution in [0.2, 0.25) is 0 Å². The molecule has 2 aromatic heterocycles. The van der Waals surface area contributed by atoms with E-state index in [-0.39, 0.29) is 24.2 Å². The maximum atomic E-state index is 14.1. The molecular weight excluding hydrogens is 430 g/mol. The van der Waals surface area contributed by atoms with Crippen LogP contribution in [-0.4, -0.2) is 76.7 Å². The molecule has 0 bridgehead atoms. The minimum atomic E-state index is -2.98. The van der Waals surface area contributed by atoms with Gasteiger partial charge in [-0.2, -0.15) is 0 Å². The summed E-state index contributed by atoms with van der Waals surface area (Å²) in [5.74, 6) is -3.19. The Morgan fingerprint density at radius 2 is 1.94 bits per heavy atom. The SMILES string of the molecule is CNc1ccc(-c2c[nH]n(-c3ccc(C(=O)N4CCN(C)CC(F)(F)C4)cn3)c2=O)c(C)c1. The van der Waals surface area contributed by atoms with Gasteiger partial charge in [0, 0.05) is 38.2 Å². The van der Waals surface area contributed by atoms with E-state index in [0.29, 0.717) is 17.9 Å². The van der Waals surface area contributed by atoms with Crippen molar-refractivity contribution in [2.24, 2.45) is 0 Å². The summed E-state index contributed by atoms with van der Waals surface area (Å²) in [5.41, 5.74) is 3.09. The Kier molecular flexibility index (Phi) is 6.03. The minimum absolute atomic E-state index is 0.192. The fourth-order valence-corrected chi connectivity index (χ4v) is 4.03. The Morgan fingerprint density at radius 1 is 1.15 bits per heavy atom. The van der Waals surface area contributed by atoms with Crippen molar-refractivity contribution >= 4 is 11.6 Å². The number of nitrogens with zero attached hydrogens (tertiary/aromatic N) is 4. The largest absolute Gasteiger partial charge is 0.388 e. The van der Waals surface area contributed by atoms with Gasteiger partial charge < -0.3 is 10.2 Å². The van der Waals surface area contributed by atoms with Gasteiger partial charge in [-0.3, -0.25) is 19.6 Å². The third-order valence-electron chi connectivity index (χ3n) is 5.76. The molecule has 3 aromatic rings. The Hall–Kier alpha value is -3.53. The molecule has 0 unspecified atom stereocenters. The predicted molar refractivity (Wildman–Crippen MR) is 122 cm³/mol. The van der Waals surface area contributed by atoms with Crippen LogP contribution in [0.25, 0.3) is 16.9 Å². The third-order valence-corrected chi connectivity index (χ3v) is 5.76. The number of alkyl halides is 2. The van der Waals surface area contributed by atoms with Crippen LogP contribution in [0.5, 0.6) is 0 Å². The summed E-state index contributed by atoms with van der Waals surface area (Å²) in [6.07, 6.45) is 2.92. The van der Waals surface area contributed by atoms with E-state index in [2.05, 4.69) is 15.4 Å². The summed E-state index contributed by atoms with van der Waals surface area (Å²) in [5, 5.41) is 5.97. The van der Waals surface area contributed by atoms with Gasteiger partial charge in [-0.15, -0.1) is 0 Å². The fourth-order valence-electron chi connectivity index (χ4n) is 4.03. The molecule has 1 saturated heterocycles. The van der Waals surface area contributed by atoms with Crippen molar-refractivity contribution in [3.8, 4) is 16.9 Å². The molecule has 1 aliphatic rings. The molecular formula is C23H26F2N6O2. The fraction of sp³-hybridized carbons (Fsp3) is 0.348. The molecule has 8 nitrogen and oxygen atoms in total. The van der Waals surface area contributed by atoms with Crippen molar-refractivity contribution < 1.29 is 13.6 Å². The summed E-state index contributed by atoms with van der Waals surface area (Å²) in [6, 6.07) is 8.74. The second-order valence-corrected chi connectivity index (χ2v) is 8.33. The number of carbonyl (C=O) groups excluding carboxylic acids is 1. The van der Waals surface area contributed by atoms with Crippen molar-refractivity contribution in [1.82, 2.24) is 24.6 Å². The van der Waals surface area contributed by atoms with Crippen molar-refractivity contribution in [1.29, 1.82) is 0 Å². The van der Waals surface area contributed by atoms with Gasteiger partial charge in [-0.05, 0) is 49.4 Å². The van der Waals surface area contributed by atoms with Crippen molar-refractivity contribution in [2.45, 2.75) is 12.8 Å². The Bertz CT molecular complexity index is 1220. The highest BCUT2D eigenvalue weighted by Gasteiger charge is 2.37. The average Bonchev–Trinajstić information content (AvgIpc) is 3.09. The second kappa shape index (κ2) is 8.78. The van der Waals surface area contributed by atoms with Crippen LogP contribution >= 0.6 is 0 Å². The summed E-state index contributed by atoms with van der Waals surface area (Å²) >= 11 is 0. The van der Waals surface area contributed by atoms with Gasteiger partial charge in [0.1, 0.15) is 0 Å². The van der Waals surface area contributed by atoms with E-state index in [1.165, 1.54) is 27.9 Å². The molecule has 0 atom stereocenters. The van der Waals surface area contributed by atoms with E-state index in [1.54, 1.807) is 13.2 Å². The molecule has 0 spiro atoms. The predicted octanol–water partition coefficient (Wildman–Crippen LogP) is 2.60. The van der Waals surface area contributed by atoms with Crippen LogP contribution < -0.4 is 10.9 Å². The van der Waals surface area contributed by atoms with Crippen molar-refractivity contribution in [3.05, 3.63) is 64.2 Å². The number of amides is 1. The number of rotatable bonds is 4. The van der Waals surface area contributed by atoms with Crippen LogP contribution in [0.3, 0.4) is 0 Å². The van der Waals surface area contributed by atoms with Crippen molar-refractivity contribution in [2.75, 3.05) is 45.6 Å². The number of pyridine rings is 1. The van der Waals surface area contributed by atoms with Gasteiger partial charge in [-0.25, -0.2) is 18.4 Å². The highest BCUT2D eigenvalue weighted by molar-refractivity contribution is 5.94. The number of nitrogens with one attached hydrogen (secondary N) is 2. The van der Waals surface area contributed by atoms with Crippen LogP contribution in [0.1, 0.15) is 15.9 Å². The lowest BCUT2D eigenvalue weighted by Gasteiger charge is -2.23. The van der Waals surface area contributed by atoms with Gasteiger partial charge in [0.25, 0.3) is 17.4 Å². The standard InChI is InChI=1S/C23H26F2N6O2/c1-15-10-17(26-2)5-6-18(15)19-12-28-31(22(19)33)20-7-4-16(11-27-20)21(32)30-9-8-29(3)13-23(24,25)14-30/h4-7,10-12,26,28H,8-9,13-14H2,1-3H3. The molecule has 0 radical (unpaired) electrons. The first-order valence-corrected chi connectivity index (χ1v) is 10.6. The molecule has 4 rings (SSSR count). The Labute approximate surface area is 189 Å².